The number of carbonyl (C=O) groups is 1. The van der Waals surface area contributed by atoms with Crippen LogP contribution in [-0.2, 0) is 4.79 Å². The highest BCUT2D eigenvalue weighted by Crippen LogP contribution is 2.31. The third-order valence-corrected chi connectivity index (χ3v) is 6.46. The molecule has 0 saturated heterocycles. The van der Waals surface area contributed by atoms with Gasteiger partial charge in [0.15, 0.2) is 0 Å². The fraction of sp³-hybridized carbons (Fsp3) is 0.273. The van der Waals surface area contributed by atoms with Crippen molar-refractivity contribution >= 4 is 50.6 Å². The largest absolute Gasteiger partial charge is 0.366 e. The van der Waals surface area contributed by atoms with E-state index >= 15 is 0 Å². The molecule has 4 heterocycles. The number of pyridine rings is 1. The predicted molar refractivity (Wildman–Crippen MR) is 124 cm³/mol. The normalized spacial score (nSPS) is 18.7. The second-order valence-corrected chi connectivity index (χ2v) is 8.59. The molecule has 0 atom stereocenters. The van der Waals surface area contributed by atoms with Crippen molar-refractivity contribution in [1.29, 1.82) is 0 Å². The minimum Gasteiger partial charge on any atom is -0.366 e. The summed E-state index contributed by atoms with van der Waals surface area (Å²) in [7, 11) is 0. The lowest BCUT2D eigenvalue weighted by atomic mass is 9.91. The fourth-order valence-corrected chi connectivity index (χ4v) is 4.76. The summed E-state index contributed by atoms with van der Waals surface area (Å²) in [4.78, 5) is 25.3. The Labute approximate surface area is 183 Å². The molecule has 1 amide bonds. The number of nitrogens with zero attached hydrogens (tertiary/aromatic N) is 4. The van der Waals surface area contributed by atoms with E-state index in [2.05, 4.69) is 32.5 Å². The van der Waals surface area contributed by atoms with Gasteiger partial charge in [-0.1, -0.05) is 6.58 Å². The van der Waals surface area contributed by atoms with Crippen molar-refractivity contribution in [2.45, 2.75) is 37.8 Å². The van der Waals surface area contributed by atoms with Crippen molar-refractivity contribution in [2.75, 3.05) is 10.6 Å². The van der Waals surface area contributed by atoms with Crippen molar-refractivity contribution in [3.63, 3.8) is 0 Å². The van der Waals surface area contributed by atoms with Crippen LogP contribution < -0.4 is 16.0 Å². The molecule has 158 valence electrons. The Morgan fingerprint density at radius 1 is 1.16 bits per heavy atom. The minimum absolute atomic E-state index is 0.0999. The van der Waals surface area contributed by atoms with E-state index in [1.54, 1.807) is 17.5 Å². The van der Waals surface area contributed by atoms with Crippen LogP contribution in [0.15, 0.2) is 54.8 Å². The first-order valence-electron chi connectivity index (χ1n) is 10.3. The number of hydrogen-bond acceptors (Lipinski definition) is 7. The number of nitrogens with one attached hydrogen (secondary N) is 3. The van der Waals surface area contributed by atoms with Gasteiger partial charge in [0.25, 0.3) is 0 Å². The van der Waals surface area contributed by atoms with Gasteiger partial charge in [0.2, 0.25) is 11.9 Å². The molecule has 4 aromatic heterocycles. The molecule has 1 fully saturated rings. The zero-order valence-electron chi connectivity index (χ0n) is 16.9. The SMILES string of the molecule is C=CC(=O)NC1CCC(Nc2nc(Nc3ccc4nccn4c3)nc3ccsc23)CC1. The summed E-state index contributed by atoms with van der Waals surface area (Å²) >= 11 is 1.64. The molecule has 5 rings (SSSR count). The molecule has 31 heavy (non-hydrogen) atoms. The van der Waals surface area contributed by atoms with E-state index in [1.165, 1.54) is 6.08 Å². The second-order valence-electron chi connectivity index (χ2n) is 7.67. The van der Waals surface area contributed by atoms with Gasteiger partial charge in [0.05, 0.1) is 15.9 Å². The molecule has 1 aliphatic rings. The summed E-state index contributed by atoms with van der Waals surface area (Å²) in [5, 5.41) is 12.0. The Kier molecular flexibility index (Phi) is 5.25. The number of carbonyl (C=O) groups excluding carboxylic acids is 1. The van der Waals surface area contributed by atoms with Gasteiger partial charge in [-0.2, -0.15) is 4.98 Å². The summed E-state index contributed by atoms with van der Waals surface area (Å²) in [6.07, 6.45) is 10.8. The quantitative estimate of drug-likeness (QED) is 0.396. The van der Waals surface area contributed by atoms with Gasteiger partial charge >= 0.3 is 0 Å². The fourth-order valence-electron chi connectivity index (χ4n) is 3.98. The topological polar surface area (TPSA) is 96.2 Å². The first-order valence-corrected chi connectivity index (χ1v) is 11.2. The lowest BCUT2D eigenvalue weighted by molar-refractivity contribution is -0.117. The number of aromatic nitrogens is 4. The third-order valence-electron chi connectivity index (χ3n) is 5.55. The van der Waals surface area contributed by atoms with Gasteiger partial charge in [0.1, 0.15) is 11.5 Å². The summed E-state index contributed by atoms with van der Waals surface area (Å²) in [5.74, 6) is 1.31. The Bertz CT molecular complexity index is 1240. The highest BCUT2D eigenvalue weighted by molar-refractivity contribution is 7.17. The average molecular weight is 434 g/mol. The number of anilines is 3. The van der Waals surface area contributed by atoms with E-state index in [4.69, 9.17) is 4.98 Å². The van der Waals surface area contributed by atoms with E-state index < -0.39 is 0 Å². The van der Waals surface area contributed by atoms with Crippen LogP contribution in [0.1, 0.15) is 25.7 Å². The molecule has 0 spiro atoms. The number of hydrogen-bond donors (Lipinski definition) is 3. The van der Waals surface area contributed by atoms with Crippen molar-refractivity contribution in [2.24, 2.45) is 0 Å². The molecule has 3 N–H and O–H groups in total. The van der Waals surface area contributed by atoms with Crippen LogP contribution in [0.5, 0.6) is 0 Å². The van der Waals surface area contributed by atoms with Crippen LogP contribution in [0.25, 0.3) is 15.9 Å². The summed E-state index contributed by atoms with van der Waals surface area (Å²) in [6.45, 7) is 3.52. The van der Waals surface area contributed by atoms with Gasteiger partial charge in [-0.15, -0.1) is 11.3 Å². The Morgan fingerprint density at radius 2 is 2.00 bits per heavy atom. The van der Waals surface area contributed by atoms with Crippen LogP contribution in [0.4, 0.5) is 17.5 Å². The highest BCUT2D eigenvalue weighted by atomic mass is 32.1. The molecular formula is C22H23N7OS. The second kappa shape index (κ2) is 8.35. The predicted octanol–water partition coefficient (Wildman–Crippen LogP) is 4.11. The lowest BCUT2D eigenvalue weighted by Gasteiger charge is -2.29. The smallest absolute Gasteiger partial charge is 0.243 e. The third kappa shape index (κ3) is 4.22. The van der Waals surface area contributed by atoms with Crippen molar-refractivity contribution < 1.29 is 4.79 Å². The van der Waals surface area contributed by atoms with Crippen molar-refractivity contribution in [1.82, 2.24) is 24.7 Å². The van der Waals surface area contributed by atoms with E-state index in [9.17, 15) is 4.79 Å². The Hall–Kier alpha value is -3.46. The average Bonchev–Trinajstić information content (AvgIpc) is 3.44. The Balaban J connectivity index is 1.32. The molecular weight excluding hydrogens is 410 g/mol. The van der Waals surface area contributed by atoms with Crippen molar-refractivity contribution in [3.05, 3.63) is 54.8 Å². The summed E-state index contributed by atoms with van der Waals surface area (Å²) in [6, 6.07) is 6.46. The zero-order chi connectivity index (χ0) is 21.2. The van der Waals surface area contributed by atoms with E-state index in [1.807, 2.05) is 40.4 Å². The van der Waals surface area contributed by atoms with Gasteiger partial charge in [0, 0.05) is 30.7 Å². The molecule has 0 aromatic carbocycles. The molecule has 0 bridgehead atoms. The molecule has 4 aromatic rings. The van der Waals surface area contributed by atoms with E-state index in [0.29, 0.717) is 12.0 Å². The van der Waals surface area contributed by atoms with Crippen LogP contribution in [0.3, 0.4) is 0 Å². The Morgan fingerprint density at radius 3 is 2.84 bits per heavy atom. The van der Waals surface area contributed by atoms with Crippen LogP contribution in [0.2, 0.25) is 0 Å². The standard InChI is InChI=1S/C22H23N7OS/c1-2-19(30)24-14-3-5-15(6-4-14)25-21-20-17(9-12-31-20)27-22(28-21)26-16-7-8-18-23-10-11-29(18)13-16/h2,7-15H,1,3-6H2,(H,24,30)(H2,25,26,27,28). The number of thiophene rings is 1. The molecule has 8 nitrogen and oxygen atoms in total. The zero-order valence-corrected chi connectivity index (χ0v) is 17.7. The maximum Gasteiger partial charge on any atom is 0.243 e. The monoisotopic (exact) mass is 433 g/mol. The van der Waals surface area contributed by atoms with E-state index in [-0.39, 0.29) is 11.9 Å². The van der Waals surface area contributed by atoms with Crippen LogP contribution >= 0.6 is 11.3 Å². The van der Waals surface area contributed by atoms with E-state index in [0.717, 1.165) is 53.1 Å². The van der Waals surface area contributed by atoms with Crippen LogP contribution in [-0.4, -0.2) is 37.3 Å². The molecule has 0 unspecified atom stereocenters. The maximum atomic E-state index is 11.5. The summed E-state index contributed by atoms with van der Waals surface area (Å²) < 4.78 is 3.01. The molecule has 0 aliphatic heterocycles. The lowest BCUT2D eigenvalue weighted by Crippen LogP contribution is -2.39. The number of amides is 1. The number of fused-ring (bicyclic) bond motifs is 2. The summed E-state index contributed by atoms with van der Waals surface area (Å²) in [5.41, 5.74) is 2.70. The number of rotatable bonds is 6. The first-order chi connectivity index (χ1) is 15.2. The van der Waals surface area contributed by atoms with Gasteiger partial charge in [-0.25, -0.2) is 9.97 Å². The molecule has 9 heteroatoms. The minimum atomic E-state index is -0.0999. The number of imidazole rings is 1. The maximum absolute atomic E-state index is 11.5. The van der Waals surface area contributed by atoms with Crippen LogP contribution in [0, 0.1) is 0 Å². The molecule has 0 radical (unpaired) electrons. The molecule has 1 saturated carbocycles. The van der Waals surface area contributed by atoms with Crippen molar-refractivity contribution in [3.8, 4) is 0 Å². The molecule has 1 aliphatic carbocycles. The first kappa shape index (κ1) is 19.5. The highest BCUT2D eigenvalue weighted by Gasteiger charge is 2.23. The van der Waals surface area contributed by atoms with Gasteiger partial charge in [-0.05, 0) is 55.3 Å². The van der Waals surface area contributed by atoms with Gasteiger partial charge < -0.3 is 20.4 Å². The van der Waals surface area contributed by atoms with Gasteiger partial charge in [-0.3, -0.25) is 4.79 Å².